The van der Waals surface area contributed by atoms with Crippen LogP contribution >= 0.6 is 11.6 Å². The second kappa shape index (κ2) is 8.14. The van der Waals surface area contributed by atoms with Gasteiger partial charge in [0.05, 0.1) is 5.02 Å². The summed E-state index contributed by atoms with van der Waals surface area (Å²) < 4.78 is 14.1. The summed E-state index contributed by atoms with van der Waals surface area (Å²) in [5.74, 6) is 0.292. The Morgan fingerprint density at radius 1 is 1.29 bits per heavy atom. The first-order chi connectivity index (χ1) is 9.75. The molecule has 0 radical (unpaired) electrons. The molecule has 0 heterocycles. The fourth-order valence-corrected chi connectivity index (χ4v) is 2.53. The van der Waals surface area contributed by atoms with E-state index in [0.29, 0.717) is 17.9 Å². The molecule has 1 rings (SSSR count). The molecular weight excluding hydrogens is 285 g/mol. The van der Waals surface area contributed by atoms with Crippen LogP contribution < -0.4 is 5.32 Å². The monoisotopic (exact) mass is 313 g/mol. The maximum absolute atomic E-state index is 14.1. The van der Waals surface area contributed by atoms with E-state index in [4.69, 9.17) is 11.6 Å². The predicted octanol–water partition coefficient (Wildman–Crippen LogP) is 5.46. The molecule has 120 valence electrons. The van der Waals surface area contributed by atoms with E-state index < -0.39 is 0 Å². The average molecular weight is 314 g/mol. The molecule has 0 spiro atoms. The highest BCUT2D eigenvalue weighted by Crippen LogP contribution is 2.30. The van der Waals surface area contributed by atoms with Gasteiger partial charge in [-0.15, -0.1) is 0 Å². The summed E-state index contributed by atoms with van der Waals surface area (Å²) in [6.45, 7) is 12.2. The summed E-state index contributed by atoms with van der Waals surface area (Å²) in [6.07, 6.45) is 2.81. The zero-order valence-corrected chi connectivity index (χ0v) is 14.7. The predicted molar refractivity (Wildman–Crippen MR) is 90.4 cm³/mol. The van der Waals surface area contributed by atoms with Crippen LogP contribution in [0.4, 0.5) is 4.39 Å². The molecule has 2 atom stereocenters. The summed E-state index contributed by atoms with van der Waals surface area (Å²) in [5.41, 5.74) is 0.969. The van der Waals surface area contributed by atoms with Crippen molar-refractivity contribution in [3.63, 3.8) is 0 Å². The van der Waals surface area contributed by atoms with Crippen LogP contribution in [0.3, 0.4) is 0 Å². The van der Waals surface area contributed by atoms with Crippen LogP contribution in [-0.4, -0.2) is 12.6 Å². The van der Waals surface area contributed by atoms with Gasteiger partial charge in [0.1, 0.15) is 5.82 Å². The Hall–Kier alpha value is -0.600. The third-order valence-electron chi connectivity index (χ3n) is 4.30. The van der Waals surface area contributed by atoms with Crippen molar-refractivity contribution < 1.29 is 4.39 Å². The minimum absolute atomic E-state index is 0.214. The third-order valence-corrected chi connectivity index (χ3v) is 4.59. The smallest absolute Gasteiger partial charge is 0.145 e. The van der Waals surface area contributed by atoms with Crippen LogP contribution in [0.5, 0.6) is 0 Å². The lowest BCUT2D eigenvalue weighted by atomic mass is 9.77. The number of halogens is 2. The van der Waals surface area contributed by atoms with Crippen LogP contribution in [0.25, 0.3) is 0 Å². The number of nitrogens with one attached hydrogen (secondary N) is 1. The van der Waals surface area contributed by atoms with Crippen LogP contribution in [0.1, 0.15) is 53.0 Å². The molecule has 0 aromatic heterocycles. The van der Waals surface area contributed by atoms with Gasteiger partial charge in [0.25, 0.3) is 0 Å². The molecule has 21 heavy (non-hydrogen) atoms. The number of rotatable bonds is 7. The Morgan fingerprint density at radius 2 is 1.95 bits per heavy atom. The summed E-state index contributed by atoms with van der Waals surface area (Å²) in [6, 6.07) is 5.55. The molecule has 3 heteroatoms. The summed E-state index contributed by atoms with van der Waals surface area (Å²) in [5, 5.41) is 3.77. The van der Waals surface area contributed by atoms with Crippen molar-refractivity contribution in [3.8, 4) is 0 Å². The molecule has 0 aliphatic heterocycles. The maximum atomic E-state index is 14.1. The van der Waals surface area contributed by atoms with E-state index in [2.05, 4.69) is 39.9 Å². The summed E-state index contributed by atoms with van der Waals surface area (Å²) in [4.78, 5) is 0. The molecule has 0 bridgehead atoms. The Morgan fingerprint density at radius 3 is 2.52 bits per heavy atom. The Kier molecular flexibility index (Phi) is 7.15. The minimum Gasteiger partial charge on any atom is -0.314 e. The average Bonchev–Trinajstić information content (AvgIpc) is 2.40. The van der Waals surface area contributed by atoms with Crippen molar-refractivity contribution in [1.82, 2.24) is 5.32 Å². The van der Waals surface area contributed by atoms with Crippen molar-refractivity contribution in [3.05, 3.63) is 34.6 Å². The minimum atomic E-state index is -0.272. The first kappa shape index (κ1) is 18.4. The van der Waals surface area contributed by atoms with Crippen LogP contribution in [0.2, 0.25) is 5.02 Å². The van der Waals surface area contributed by atoms with Gasteiger partial charge in [-0.2, -0.15) is 0 Å². The van der Waals surface area contributed by atoms with Gasteiger partial charge in [-0.05, 0) is 48.8 Å². The van der Waals surface area contributed by atoms with Crippen molar-refractivity contribution in [2.45, 2.75) is 59.9 Å². The van der Waals surface area contributed by atoms with E-state index in [1.54, 1.807) is 6.07 Å². The normalized spacial score (nSPS) is 15.0. The van der Waals surface area contributed by atoms with Gasteiger partial charge in [0, 0.05) is 6.04 Å². The fraction of sp³-hybridized carbons (Fsp3) is 0.667. The zero-order chi connectivity index (χ0) is 16.0. The standard InChI is InChI=1S/C18H29ClFN/c1-6-10-21-15(11-13(2)18(3,4)5)12-14-8-7-9-16(19)17(14)20/h7-9,13,15,21H,6,10-12H2,1-5H3. The van der Waals surface area contributed by atoms with E-state index in [-0.39, 0.29) is 22.3 Å². The van der Waals surface area contributed by atoms with Crippen molar-refractivity contribution >= 4 is 11.6 Å². The molecule has 1 nitrogen and oxygen atoms in total. The van der Waals surface area contributed by atoms with Gasteiger partial charge in [-0.1, -0.05) is 58.4 Å². The number of hydrogen-bond acceptors (Lipinski definition) is 1. The molecule has 0 aliphatic carbocycles. The van der Waals surface area contributed by atoms with E-state index >= 15 is 0 Å². The first-order valence-corrected chi connectivity index (χ1v) is 8.29. The Bertz CT molecular complexity index is 439. The summed E-state index contributed by atoms with van der Waals surface area (Å²) >= 11 is 5.88. The second-order valence-corrected chi connectivity index (χ2v) is 7.48. The zero-order valence-electron chi connectivity index (χ0n) is 14.0. The highest BCUT2D eigenvalue weighted by molar-refractivity contribution is 6.30. The summed E-state index contributed by atoms with van der Waals surface area (Å²) in [7, 11) is 0. The van der Waals surface area contributed by atoms with Crippen molar-refractivity contribution in [1.29, 1.82) is 0 Å². The van der Waals surface area contributed by atoms with Crippen LogP contribution in [-0.2, 0) is 6.42 Å². The lowest BCUT2D eigenvalue weighted by Gasteiger charge is -2.31. The van der Waals surface area contributed by atoms with E-state index in [1.165, 1.54) is 0 Å². The molecule has 0 fully saturated rings. The molecule has 0 saturated carbocycles. The van der Waals surface area contributed by atoms with Crippen molar-refractivity contribution in [2.24, 2.45) is 11.3 Å². The maximum Gasteiger partial charge on any atom is 0.145 e. The molecule has 0 saturated heterocycles. The Balaban J connectivity index is 2.80. The Labute approximate surface area is 134 Å². The van der Waals surface area contributed by atoms with E-state index in [9.17, 15) is 4.39 Å². The van der Waals surface area contributed by atoms with Gasteiger partial charge in [-0.3, -0.25) is 0 Å². The van der Waals surface area contributed by atoms with Gasteiger partial charge in [-0.25, -0.2) is 4.39 Å². The van der Waals surface area contributed by atoms with Gasteiger partial charge in [0.2, 0.25) is 0 Å². The number of hydrogen-bond donors (Lipinski definition) is 1. The van der Waals surface area contributed by atoms with Crippen molar-refractivity contribution in [2.75, 3.05) is 6.54 Å². The molecule has 1 N–H and O–H groups in total. The molecule has 1 aromatic rings. The fourth-order valence-electron chi connectivity index (χ4n) is 2.34. The molecule has 1 aromatic carbocycles. The van der Waals surface area contributed by atoms with Crippen LogP contribution in [0, 0.1) is 17.2 Å². The lowest BCUT2D eigenvalue weighted by Crippen LogP contribution is -2.36. The van der Waals surface area contributed by atoms with Gasteiger partial charge in [0.15, 0.2) is 0 Å². The number of benzene rings is 1. The topological polar surface area (TPSA) is 12.0 Å². The lowest BCUT2D eigenvalue weighted by molar-refractivity contribution is 0.221. The highest BCUT2D eigenvalue weighted by atomic mass is 35.5. The van der Waals surface area contributed by atoms with Gasteiger partial charge < -0.3 is 5.32 Å². The molecular formula is C18H29ClFN. The highest BCUT2D eigenvalue weighted by Gasteiger charge is 2.24. The van der Waals surface area contributed by atoms with E-state index in [1.807, 2.05) is 12.1 Å². The molecule has 0 aliphatic rings. The third kappa shape index (κ3) is 5.96. The molecule has 0 amide bonds. The first-order valence-electron chi connectivity index (χ1n) is 7.92. The van der Waals surface area contributed by atoms with E-state index in [0.717, 1.165) is 19.4 Å². The largest absolute Gasteiger partial charge is 0.314 e. The SMILES string of the molecule is CCCNC(Cc1cccc(Cl)c1F)CC(C)C(C)(C)C. The molecule has 2 unspecified atom stereocenters. The second-order valence-electron chi connectivity index (χ2n) is 7.07. The quantitative estimate of drug-likeness (QED) is 0.704. The van der Waals surface area contributed by atoms with Gasteiger partial charge >= 0.3 is 0 Å². The van der Waals surface area contributed by atoms with Crippen LogP contribution in [0.15, 0.2) is 18.2 Å².